The number of nitrogens with two attached hydrogens (primary N) is 1. The second kappa shape index (κ2) is 4.84. The first-order valence-electron chi connectivity index (χ1n) is 5.54. The Morgan fingerprint density at radius 3 is 2.53 bits per heavy atom. The number of anilines is 1. The number of halogens is 1. The molecule has 1 rings (SSSR count). The summed E-state index contributed by atoms with van der Waals surface area (Å²) >= 11 is 0. The van der Waals surface area contributed by atoms with E-state index in [9.17, 15) is 9.18 Å². The zero-order valence-electron chi connectivity index (χ0n) is 10.7. The van der Waals surface area contributed by atoms with Crippen molar-refractivity contribution >= 4 is 11.6 Å². The molecule has 94 valence electrons. The maximum absolute atomic E-state index is 13.4. The van der Waals surface area contributed by atoms with Crippen molar-refractivity contribution in [3.63, 3.8) is 0 Å². The number of nitrogens with one attached hydrogen (secondary N) is 1. The van der Waals surface area contributed by atoms with Crippen LogP contribution in [0.25, 0.3) is 0 Å². The highest BCUT2D eigenvalue weighted by atomic mass is 19.1. The number of amides is 1. The number of carbonyl (C=O) groups excluding carboxylic acids is 1. The zero-order valence-corrected chi connectivity index (χ0v) is 10.7. The van der Waals surface area contributed by atoms with E-state index in [2.05, 4.69) is 5.32 Å². The number of hydrogen-bond donors (Lipinski definition) is 2. The zero-order chi connectivity index (χ0) is 13.2. The SMILES string of the molecule is Cc1ccc(F)c(NC(=O)[C@H](N)C(C)(C)C)c1. The summed E-state index contributed by atoms with van der Waals surface area (Å²) in [4.78, 5) is 11.8. The van der Waals surface area contributed by atoms with Crippen LogP contribution in [-0.2, 0) is 4.79 Å². The fourth-order valence-electron chi connectivity index (χ4n) is 1.34. The van der Waals surface area contributed by atoms with Crippen molar-refractivity contribution in [2.24, 2.45) is 11.1 Å². The van der Waals surface area contributed by atoms with E-state index in [-0.39, 0.29) is 17.0 Å². The van der Waals surface area contributed by atoms with Gasteiger partial charge >= 0.3 is 0 Å². The lowest BCUT2D eigenvalue weighted by molar-refractivity contribution is -0.119. The van der Waals surface area contributed by atoms with Crippen LogP contribution in [0.5, 0.6) is 0 Å². The maximum atomic E-state index is 13.4. The average Bonchev–Trinajstić information content (AvgIpc) is 2.21. The second-order valence-electron chi connectivity index (χ2n) is 5.32. The van der Waals surface area contributed by atoms with Gasteiger partial charge in [0.05, 0.1) is 11.7 Å². The van der Waals surface area contributed by atoms with E-state index in [0.717, 1.165) is 5.56 Å². The van der Waals surface area contributed by atoms with E-state index in [0.29, 0.717) is 0 Å². The number of hydrogen-bond acceptors (Lipinski definition) is 2. The average molecular weight is 238 g/mol. The molecule has 0 spiro atoms. The number of carbonyl (C=O) groups is 1. The van der Waals surface area contributed by atoms with Gasteiger partial charge in [0, 0.05) is 0 Å². The summed E-state index contributed by atoms with van der Waals surface area (Å²) in [6, 6.07) is 3.88. The molecule has 0 radical (unpaired) electrons. The van der Waals surface area contributed by atoms with E-state index < -0.39 is 11.9 Å². The largest absolute Gasteiger partial charge is 0.322 e. The first-order chi connectivity index (χ1) is 7.71. The molecule has 1 aromatic carbocycles. The van der Waals surface area contributed by atoms with Gasteiger partial charge in [0.2, 0.25) is 5.91 Å². The molecule has 0 aliphatic rings. The first-order valence-corrected chi connectivity index (χ1v) is 5.54. The van der Waals surface area contributed by atoms with Gasteiger partial charge < -0.3 is 11.1 Å². The Hall–Kier alpha value is -1.42. The van der Waals surface area contributed by atoms with Crippen LogP contribution < -0.4 is 11.1 Å². The Morgan fingerprint density at radius 2 is 2.00 bits per heavy atom. The first kappa shape index (κ1) is 13.6. The Kier molecular flexibility index (Phi) is 3.88. The highest BCUT2D eigenvalue weighted by Crippen LogP contribution is 2.20. The highest BCUT2D eigenvalue weighted by molar-refractivity contribution is 5.95. The van der Waals surface area contributed by atoms with Gasteiger partial charge in [-0.1, -0.05) is 26.8 Å². The second-order valence-corrected chi connectivity index (χ2v) is 5.32. The molecule has 1 atom stereocenters. The van der Waals surface area contributed by atoms with Crippen molar-refractivity contribution in [2.45, 2.75) is 33.7 Å². The molecule has 0 aliphatic carbocycles. The molecule has 1 aromatic rings. The van der Waals surface area contributed by atoms with Crippen LogP contribution in [0.1, 0.15) is 26.3 Å². The van der Waals surface area contributed by atoms with Gasteiger partial charge in [-0.2, -0.15) is 0 Å². The van der Waals surface area contributed by atoms with Crippen molar-refractivity contribution in [1.29, 1.82) is 0 Å². The Bertz CT molecular complexity index is 424. The summed E-state index contributed by atoms with van der Waals surface area (Å²) in [5.41, 5.74) is 6.50. The van der Waals surface area contributed by atoms with Crippen molar-refractivity contribution in [1.82, 2.24) is 0 Å². The summed E-state index contributed by atoms with van der Waals surface area (Å²) in [6.45, 7) is 7.43. The predicted octanol–water partition coefficient (Wildman–Crippen LogP) is 2.45. The van der Waals surface area contributed by atoms with Gasteiger partial charge in [0.1, 0.15) is 5.82 Å². The molecule has 1 amide bonds. The number of aryl methyl sites for hydroxylation is 1. The Balaban J connectivity index is 2.85. The van der Waals surface area contributed by atoms with E-state index >= 15 is 0 Å². The van der Waals surface area contributed by atoms with Crippen LogP contribution in [0.15, 0.2) is 18.2 Å². The van der Waals surface area contributed by atoms with E-state index in [1.54, 1.807) is 12.1 Å². The molecule has 0 saturated heterocycles. The summed E-state index contributed by atoms with van der Waals surface area (Å²) in [6.07, 6.45) is 0. The maximum Gasteiger partial charge on any atom is 0.241 e. The van der Waals surface area contributed by atoms with Crippen molar-refractivity contribution in [3.05, 3.63) is 29.6 Å². The molecule has 0 saturated carbocycles. The smallest absolute Gasteiger partial charge is 0.241 e. The number of rotatable bonds is 2. The molecule has 3 nitrogen and oxygen atoms in total. The van der Waals surface area contributed by atoms with Crippen LogP contribution in [0.4, 0.5) is 10.1 Å². The quantitative estimate of drug-likeness (QED) is 0.831. The highest BCUT2D eigenvalue weighted by Gasteiger charge is 2.27. The van der Waals surface area contributed by atoms with Gasteiger partial charge in [-0.3, -0.25) is 4.79 Å². The topological polar surface area (TPSA) is 55.1 Å². The minimum absolute atomic E-state index is 0.176. The van der Waals surface area contributed by atoms with Gasteiger partial charge in [-0.15, -0.1) is 0 Å². The van der Waals surface area contributed by atoms with Crippen LogP contribution in [0, 0.1) is 18.2 Å². The van der Waals surface area contributed by atoms with Crippen molar-refractivity contribution in [3.8, 4) is 0 Å². The third-order valence-corrected chi connectivity index (χ3v) is 2.60. The third-order valence-electron chi connectivity index (χ3n) is 2.60. The lowest BCUT2D eigenvalue weighted by atomic mass is 9.87. The lowest BCUT2D eigenvalue weighted by Gasteiger charge is -2.25. The normalized spacial score (nSPS) is 13.3. The summed E-state index contributed by atoms with van der Waals surface area (Å²) in [5, 5.41) is 2.52. The van der Waals surface area contributed by atoms with Gasteiger partial charge in [-0.25, -0.2) is 4.39 Å². The van der Waals surface area contributed by atoms with Crippen LogP contribution in [0.3, 0.4) is 0 Å². The molecule has 3 N–H and O–H groups in total. The van der Waals surface area contributed by atoms with E-state index in [4.69, 9.17) is 5.73 Å². The van der Waals surface area contributed by atoms with E-state index in [1.165, 1.54) is 6.07 Å². The summed E-state index contributed by atoms with van der Waals surface area (Å²) in [7, 11) is 0. The lowest BCUT2D eigenvalue weighted by Crippen LogP contribution is -2.45. The third kappa shape index (κ3) is 3.53. The minimum atomic E-state index is -0.678. The van der Waals surface area contributed by atoms with Crippen LogP contribution in [0.2, 0.25) is 0 Å². The Morgan fingerprint density at radius 1 is 1.41 bits per heavy atom. The monoisotopic (exact) mass is 238 g/mol. The predicted molar refractivity (Wildman–Crippen MR) is 67.2 cm³/mol. The number of benzene rings is 1. The summed E-state index contributed by atoms with van der Waals surface area (Å²) in [5.74, 6) is -0.827. The molecular formula is C13H19FN2O. The van der Waals surface area contributed by atoms with Crippen LogP contribution in [-0.4, -0.2) is 11.9 Å². The van der Waals surface area contributed by atoms with Crippen LogP contribution >= 0.6 is 0 Å². The molecular weight excluding hydrogens is 219 g/mol. The summed E-state index contributed by atoms with van der Waals surface area (Å²) < 4.78 is 13.4. The Labute approximate surface area is 101 Å². The molecule has 17 heavy (non-hydrogen) atoms. The van der Waals surface area contributed by atoms with Crippen molar-refractivity contribution in [2.75, 3.05) is 5.32 Å². The molecule has 0 fully saturated rings. The minimum Gasteiger partial charge on any atom is -0.322 e. The molecule has 0 aliphatic heterocycles. The van der Waals surface area contributed by atoms with Gasteiger partial charge in [0.25, 0.3) is 0 Å². The molecule has 0 heterocycles. The molecule has 0 unspecified atom stereocenters. The molecule has 4 heteroatoms. The fourth-order valence-corrected chi connectivity index (χ4v) is 1.34. The van der Waals surface area contributed by atoms with Gasteiger partial charge in [-0.05, 0) is 30.0 Å². The molecule has 0 aromatic heterocycles. The molecule has 0 bridgehead atoms. The van der Waals surface area contributed by atoms with Crippen molar-refractivity contribution < 1.29 is 9.18 Å². The van der Waals surface area contributed by atoms with Gasteiger partial charge in [0.15, 0.2) is 0 Å². The fraction of sp³-hybridized carbons (Fsp3) is 0.462. The van der Waals surface area contributed by atoms with E-state index in [1.807, 2.05) is 27.7 Å². The standard InChI is InChI=1S/C13H19FN2O/c1-8-5-6-9(14)10(7-8)16-12(17)11(15)13(2,3)4/h5-7,11H,15H2,1-4H3,(H,16,17)/t11-/m0/s1.